The number of carbonyl (C=O) groups excluding carboxylic acids is 1. The fourth-order valence-corrected chi connectivity index (χ4v) is 3.17. The van der Waals surface area contributed by atoms with Crippen molar-refractivity contribution < 1.29 is 14.1 Å². The van der Waals surface area contributed by atoms with Crippen LogP contribution in [-0.4, -0.2) is 21.6 Å². The summed E-state index contributed by atoms with van der Waals surface area (Å²) in [5, 5.41) is 15.3. The van der Waals surface area contributed by atoms with Gasteiger partial charge in [0.05, 0.1) is 28.0 Å². The lowest BCUT2D eigenvalue weighted by molar-refractivity contribution is -0.384. The van der Waals surface area contributed by atoms with Crippen molar-refractivity contribution in [3.63, 3.8) is 0 Å². The molecule has 8 nitrogen and oxygen atoms in total. The molecule has 0 bridgehead atoms. The topological polar surface area (TPSA) is 103 Å². The summed E-state index contributed by atoms with van der Waals surface area (Å²) in [4.78, 5) is 23.5. The van der Waals surface area contributed by atoms with Crippen LogP contribution in [0, 0.1) is 17.0 Å². The molecule has 2 heterocycles. The molecule has 0 saturated carbocycles. The van der Waals surface area contributed by atoms with Gasteiger partial charge in [0, 0.05) is 18.5 Å². The van der Waals surface area contributed by atoms with Crippen molar-refractivity contribution in [2.45, 2.75) is 6.92 Å². The lowest BCUT2D eigenvalue weighted by Crippen LogP contribution is -2.19. The Morgan fingerprint density at radius 3 is 2.65 bits per heavy atom. The third-order valence-corrected chi connectivity index (χ3v) is 4.63. The van der Waals surface area contributed by atoms with E-state index in [1.807, 2.05) is 41.2 Å². The van der Waals surface area contributed by atoms with E-state index in [9.17, 15) is 14.9 Å². The first-order valence-corrected chi connectivity index (χ1v) is 9.44. The lowest BCUT2D eigenvalue weighted by atomic mass is 10.1. The zero-order valence-electron chi connectivity index (χ0n) is 16.6. The highest BCUT2D eigenvalue weighted by Gasteiger charge is 2.18. The summed E-state index contributed by atoms with van der Waals surface area (Å²) in [7, 11) is 0. The van der Waals surface area contributed by atoms with Gasteiger partial charge in [-0.1, -0.05) is 18.2 Å². The van der Waals surface area contributed by atoms with Gasteiger partial charge in [-0.25, -0.2) is 5.43 Å². The summed E-state index contributed by atoms with van der Waals surface area (Å²) >= 11 is 0. The molecule has 0 fully saturated rings. The fourth-order valence-electron chi connectivity index (χ4n) is 3.17. The number of hydrogen-bond acceptors (Lipinski definition) is 5. The number of nitrogens with one attached hydrogen (secondary N) is 1. The number of furan rings is 1. The number of nitro groups is 1. The van der Waals surface area contributed by atoms with E-state index in [0.29, 0.717) is 22.6 Å². The van der Waals surface area contributed by atoms with Crippen molar-refractivity contribution in [3.8, 4) is 17.0 Å². The quantitative estimate of drug-likeness (QED) is 0.280. The molecule has 2 aromatic carbocycles. The molecule has 8 heteroatoms. The van der Waals surface area contributed by atoms with Crippen molar-refractivity contribution in [1.82, 2.24) is 9.99 Å². The van der Waals surface area contributed by atoms with Gasteiger partial charge in [-0.15, -0.1) is 0 Å². The summed E-state index contributed by atoms with van der Waals surface area (Å²) in [5.74, 6) is 0.322. The van der Waals surface area contributed by atoms with Crippen molar-refractivity contribution in [3.05, 3.63) is 106 Å². The minimum Gasteiger partial charge on any atom is -0.455 e. The maximum atomic E-state index is 12.6. The van der Waals surface area contributed by atoms with E-state index in [1.54, 1.807) is 43.3 Å². The fraction of sp³-hybridized carbons (Fsp3) is 0.0435. The average molecular weight is 414 g/mol. The van der Waals surface area contributed by atoms with Crippen LogP contribution in [0.2, 0.25) is 0 Å². The standard InChI is InChI=1S/C23H18N4O4/c1-16-8-10-18(21(14-16)27(29)30)22-11-9-17(31-22)15-24-25-23(28)19-6-2-3-7-20(19)26-12-4-5-13-26/h2-15H,1H3,(H,25,28)/b24-15-. The Kier molecular flexibility index (Phi) is 5.44. The zero-order valence-corrected chi connectivity index (χ0v) is 16.6. The monoisotopic (exact) mass is 414 g/mol. The molecule has 0 spiro atoms. The van der Waals surface area contributed by atoms with Gasteiger partial charge < -0.3 is 8.98 Å². The first-order chi connectivity index (χ1) is 15.0. The molecule has 4 aromatic rings. The third kappa shape index (κ3) is 4.27. The maximum Gasteiger partial charge on any atom is 0.280 e. The second-order valence-corrected chi connectivity index (χ2v) is 6.79. The van der Waals surface area contributed by atoms with E-state index < -0.39 is 4.92 Å². The molecular weight excluding hydrogens is 396 g/mol. The summed E-state index contributed by atoms with van der Waals surface area (Å²) in [6.45, 7) is 1.79. The lowest BCUT2D eigenvalue weighted by Gasteiger charge is -2.08. The summed E-state index contributed by atoms with van der Waals surface area (Å²) < 4.78 is 7.50. The average Bonchev–Trinajstić information content (AvgIpc) is 3.46. The molecule has 0 saturated heterocycles. The van der Waals surface area contributed by atoms with E-state index in [-0.39, 0.29) is 11.6 Å². The van der Waals surface area contributed by atoms with Crippen LogP contribution in [0.15, 0.2) is 88.6 Å². The second-order valence-electron chi connectivity index (χ2n) is 6.79. The van der Waals surface area contributed by atoms with Gasteiger partial charge in [-0.3, -0.25) is 14.9 Å². The molecule has 0 aliphatic carbocycles. The number of carbonyl (C=O) groups is 1. The molecule has 0 radical (unpaired) electrons. The smallest absolute Gasteiger partial charge is 0.280 e. The highest BCUT2D eigenvalue weighted by molar-refractivity contribution is 5.98. The van der Waals surface area contributed by atoms with Crippen LogP contribution < -0.4 is 5.43 Å². The number of aromatic nitrogens is 1. The van der Waals surface area contributed by atoms with Crippen LogP contribution >= 0.6 is 0 Å². The predicted molar refractivity (Wildman–Crippen MR) is 116 cm³/mol. The minimum atomic E-state index is -0.443. The molecular formula is C23H18N4O4. The Balaban J connectivity index is 1.50. The molecule has 4 rings (SSSR count). The largest absolute Gasteiger partial charge is 0.455 e. The first-order valence-electron chi connectivity index (χ1n) is 9.44. The molecule has 0 aliphatic rings. The van der Waals surface area contributed by atoms with Gasteiger partial charge in [0.15, 0.2) is 0 Å². The number of aryl methyl sites for hydroxylation is 1. The molecule has 31 heavy (non-hydrogen) atoms. The van der Waals surface area contributed by atoms with E-state index in [4.69, 9.17) is 4.42 Å². The van der Waals surface area contributed by atoms with Gasteiger partial charge in [-0.2, -0.15) is 5.10 Å². The first kappa shape index (κ1) is 19.8. The zero-order chi connectivity index (χ0) is 21.8. The Morgan fingerprint density at radius 1 is 1.10 bits per heavy atom. The Bertz CT molecular complexity index is 1270. The van der Waals surface area contributed by atoms with Gasteiger partial charge in [0.25, 0.3) is 11.6 Å². The van der Waals surface area contributed by atoms with E-state index >= 15 is 0 Å². The number of amides is 1. The van der Waals surface area contributed by atoms with Crippen molar-refractivity contribution in [1.29, 1.82) is 0 Å². The summed E-state index contributed by atoms with van der Waals surface area (Å²) in [5.41, 5.74) is 4.80. The highest BCUT2D eigenvalue weighted by Crippen LogP contribution is 2.31. The number of nitrogens with zero attached hydrogens (tertiary/aromatic N) is 3. The molecule has 0 atom stereocenters. The Morgan fingerprint density at radius 2 is 1.87 bits per heavy atom. The van der Waals surface area contributed by atoms with Gasteiger partial charge in [-0.05, 0) is 55.0 Å². The molecule has 0 unspecified atom stereocenters. The third-order valence-electron chi connectivity index (χ3n) is 4.63. The molecule has 2 aromatic heterocycles. The number of benzene rings is 2. The molecule has 0 aliphatic heterocycles. The molecule has 1 amide bonds. The minimum absolute atomic E-state index is 0.0345. The van der Waals surface area contributed by atoms with Crippen LogP contribution in [0.5, 0.6) is 0 Å². The van der Waals surface area contributed by atoms with Crippen LogP contribution in [0.4, 0.5) is 5.69 Å². The predicted octanol–water partition coefficient (Wildman–Crippen LogP) is 4.72. The maximum absolute atomic E-state index is 12.6. The second kappa shape index (κ2) is 8.50. The van der Waals surface area contributed by atoms with Gasteiger partial charge in [0.1, 0.15) is 11.5 Å². The van der Waals surface area contributed by atoms with E-state index in [2.05, 4.69) is 10.5 Å². The van der Waals surface area contributed by atoms with E-state index in [1.165, 1.54) is 12.3 Å². The number of hydrazone groups is 1. The van der Waals surface area contributed by atoms with Crippen molar-refractivity contribution in [2.24, 2.45) is 5.10 Å². The van der Waals surface area contributed by atoms with Crippen LogP contribution in [0.3, 0.4) is 0 Å². The molecule has 154 valence electrons. The van der Waals surface area contributed by atoms with Crippen LogP contribution in [0.25, 0.3) is 17.0 Å². The van der Waals surface area contributed by atoms with Crippen molar-refractivity contribution >= 4 is 17.8 Å². The van der Waals surface area contributed by atoms with Gasteiger partial charge >= 0.3 is 0 Å². The van der Waals surface area contributed by atoms with E-state index in [0.717, 1.165) is 11.3 Å². The van der Waals surface area contributed by atoms with Crippen molar-refractivity contribution in [2.75, 3.05) is 0 Å². The number of rotatable bonds is 6. The number of nitro benzene ring substituents is 1. The van der Waals surface area contributed by atoms with Gasteiger partial charge in [0.2, 0.25) is 0 Å². The van der Waals surface area contributed by atoms with Crippen LogP contribution in [-0.2, 0) is 0 Å². The summed E-state index contributed by atoms with van der Waals surface area (Å²) in [6.07, 6.45) is 5.05. The van der Waals surface area contributed by atoms with Crippen LogP contribution in [0.1, 0.15) is 21.7 Å². The normalized spacial score (nSPS) is 11.0. The molecule has 1 N–H and O–H groups in total. The Labute approximate surface area is 177 Å². The number of hydrogen-bond donors (Lipinski definition) is 1. The summed E-state index contributed by atoms with van der Waals surface area (Å²) in [6, 6.07) is 19.1. The SMILES string of the molecule is Cc1ccc(-c2ccc(/C=N\NC(=O)c3ccccc3-n3cccc3)o2)c([N+](=O)[O-])c1. The number of para-hydroxylation sites is 1. The highest BCUT2D eigenvalue weighted by atomic mass is 16.6. The Hall–Kier alpha value is -4.46.